The average Bonchev–Trinajstić information content (AvgIpc) is 2.25. The fourth-order valence-electron chi connectivity index (χ4n) is 1.21. The largest absolute Gasteiger partial charge is 0.476 e. The van der Waals surface area contributed by atoms with E-state index in [9.17, 15) is 4.79 Å². The molecule has 1 aromatic carbocycles. The van der Waals surface area contributed by atoms with Crippen molar-refractivity contribution in [2.75, 3.05) is 7.11 Å². The summed E-state index contributed by atoms with van der Waals surface area (Å²) >= 11 is 9.21. The normalized spacial score (nSPS) is 11.3. The highest BCUT2D eigenvalue weighted by atomic mass is 79.9. The topological polar surface area (TPSA) is 58.9 Å². The Balaban J connectivity index is 3.35. The Kier molecular flexibility index (Phi) is 4.76. The highest BCUT2D eigenvalue weighted by Gasteiger charge is 2.18. The Morgan fingerprint density at radius 3 is 2.81 bits per heavy atom. The van der Waals surface area contributed by atoms with Gasteiger partial charge in [0.05, 0.1) is 0 Å². The molecule has 0 aliphatic rings. The van der Waals surface area contributed by atoms with Crippen molar-refractivity contribution in [2.24, 2.45) is 5.16 Å². The number of oxime groups is 1. The van der Waals surface area contributed by atoms with Crippen LogP contribution in [0, 0.1) is 0 Å². The first kappa shape index (κ1) is 13.0. The monoisotopic (exact) mass is 305 g/mol. The van der Waals surface area contributed by atoms with Gasteiger partial charge < -0.3 is 9.94 Å². The number of carboxylic acids is 1. The molecule has 4 nitrogen and oxygen atoms in total. The molecule has 86 valence electrons. The van der Waals surface area contributed by atoms with Gasteiger partial charge in [-0.15, -0.1) is 0 Å². The molecule has 0 aliphatic carbocycles. The third-order valence-corrected chi connectivity index (χ3v) is 2.81. The molecular weight excluding hydrogens is 297 g/mol. The smallest absolute Gasteiger partial charge is 0.358 e. The first-order valence-electron chi connectivity index (χ1n) is 4.30. The molecule has 6 heteroatoms. The van der Waals surface area contributed by atoms with E-state index in [-0.39, 0.29) is 5.71 Å². The third-order valence-electron chi connectivity index (χ3n) is 1.89. The average molecular weight is 307 g/mol. The predicted octanol–water partition coefficient (Wildman–Crippen LogP) is 2.67. The zero-order chi connectivity index (χ0) is 12.1. The first-order valence-corrected chi connectivity index (χ1v) is 5.80. The van der Waals surface area contributed by atoms with Crippen LogP contribution in [-0.4, -0.2) is 23.9 Å². The van der Waals surface area contributed by atoms with Gasteiger partial charge >= 0.3 is 5.97 Å². The number of nitrogens with zero attached hydrogens (tertiary/aromatic N) is 1. The molecule has 0 heterocycles. The molecular formula is C10H9BrClNO3. The molecule has 0 spiro atoms. The van der Waals surface area contributed by atoms with Gasteiger partial charge in [0.1, 0.15) is 7.11 Å². The molecule has 0 amide bonds. The number of alkyl halides is 1. The van der Waals surface area contributed by atoms with Crippen LogP contribution in [0.2, 0.25) is 5.02 Å². The third kappa shape index (κ3) is 2.74. The molecule has 0 saturated carbocycles. The number of hydrogen-bond acceptors (Lipinski definition) is 3. The van der Waals surface area contributed by atoms with E-state index in [1.807, 2.05) is 0 Å². The lowest BCUT2D eigenvalue weighted by molar-refractivity contribution is -0.129. The summed E-state index contributed by atoms with van der Waals surface area (Å²) < 4.78 is 0. The summed E-state index contributed by atoms with van der Waals surface area (Å²) in [5.74, 6) is -1.16. The summed E-state index contributed by atoms with van der Waals surface area (Å²) in [5.41, 5.74) is 0.945. The maximum atomic E-state index is 11.0. The first-order chi connectivity index (χ1) is 7.61. The Hall–Kier alpha value is -1.07. The highest BCUT2D eigenvalue weighted by Crippen LogP contribution is 2.23. The second-order valence-corrected chi connectivity index (χ2v) is 3.80. The van der Waals surface area contributed by atoms with Crippen LogP contribution < -0.4 is 0 Å². The summed E-state index contributed by atoms with van der Waals surface area (Å²) in [6.45, 7) is 0. The van der Waals surface area contributed by atoms with Gasteiger partial charge in [-0.3, -0.25) is 0 Å². The Morgan fingerprint density at radius 1 is 1.62 bits per heavy atom. The number of aliphatic carboxylic acids is 1. The molecule has 0 aliphatic heterocycles. The number of benzene rings is 1. The van der Waals surface area contributed by atoms with Crippen LogP contribution in [0.25, 0.3) is 0 Å². The standard InChI is InChI=1S/C10H9BrClNO3/c1-16-13-9(10(14)15)6-3-2-4-8(12)7(6)5-11/h2-4H,5H2,1H3,(H,14,15)/b13-9+. The van der Waals surface area contributed by atoms with Crippen molar-refractivity contribution in [3.63, 3.8) is 0 Å². The van der Waals surface area contributed by atoms with Crippen molar-refractivity contribution >= 4 is 39.2 Å². The summed E-state index contributed by atoms with van der Waals surface area (Å²) in [5, 5.41) is 13.4. The molecule has 0 atom stereocenters. The summed E-state index contributed by atoms with van der Waals surface area (Å²) in [4.78, 5) is 15.5. The fourth-order valence-corrected chi connectivity index (χ4v) is 2.22. The van der Waals surface area contributed by atoms with Gasteiger partial charge in [0, 0.05) is 15.9 Å². The molecule has 0 fully saturated rings. The van der Waals surface area contributed by atoms with E-state index >= 15 is 0 Å². The van der Waals surface area contributed by atoms with Gasteiger partial charge in [0.25, 0.3) is 0 Å². The zero-order valence-corrected chi connectivity index (χ0v) is 10.7. The molecule has 1 rings (SSSR count). The van der Waals surface area contributed by atoms with Crippen LogP contribution >= 0.6 is 27.5 Å². The van der Waals surface area contributed by atoms with Crippen LogP contribution in [0.5, 0.6) is 0 Å². The lowest BCUT2D eigenvalue weighted by Gasteiger charge is -2.08. The van der Waals surface area contributed by atoms with Gasteiger partial charge in [0.15, 0.2) is 5.71 Å². The fraction of sp³-hybridized carbons (Fsp3) is 0.200. The van der Waals surface area contributed by atoms with Crippen molar-refractivity contribution in [1.82, 2.24) is 0 Å². The van der Waals surface area contributed by atoms with Crippen molar-refractivity contribution < 1.29 is 14.7 Å². The van der Waals surface area contributed by atoms with Crippen molar-refractivity contribution in [2.45, 2.75) is 5.33 Å². The predicted molar refractivity (Wildman–Crippen MR) is 65.3 cm³/mol. The number of carbonyl (C=O) groups is 1. The van der Waals surface area contributed by atoms with E-state index < -0.39 is 5.97 Å². The van der Waals surface area contributed by atoms with E-state index in [1.165, 1.54) is 7.11 Å². The second-order valence-electron chi connectivity index (χ2n) is 2.83. The second kappa shape index (κ2) is 5.86. The van der Waals surface area contributed by atoms with E-state index in [1.54, 1.807) is 18.2 Å². The maximum Gasteiger partial charge on any atom is 0.358 e. The van der Waals surface area contributed by atoms with Gasteiger partial charge in [0.2, 0.25) is 0 Å². The van der Waals surface area contributed by atoms with Crippen molar-refractivity contribution in [3.05, 3.63) is 34.3 Å². The zero-order valence-electron chi connectivity index (χ0n) is 8.41. The van der Waals surface area contributed by atoms with Crippen LogP contribution in [0.1, 0.15) is 11.1 Å². The van der Waals surface area contributed by atoms with Crippen molar-refractivity contribution in [3.8, 4) is 0 Å². The van der Waals surface area contributed by atoms with Crippen LogP contribution in [0.4, 0.5) is 0 Å². The van der Waals surface area contributed by atoms with E-state index in [0.717, 1.165) is 0 Å². The minimum Gasteiger partial charge on any atom is -0.476 e. The van der Waals surface area contributed by atoms with E-state index in [2.05, 4.69) is 25.9 Å². The number of carboxylic acid groups (broad SMARTS) is 1. The Morgan fingerprint density at radius 2 is 2.31 bits per heavy atom. The summed E-state index contributed by atoms with van der Waals surface area (Å²) in [6.07, 6.45) is 0. The molecule has 1 N–H and O–H groups in total. The highest BCUT2D eigenvalue weighted by molar-refractivity contribution is 9.08. The lowest BCUT2D eigenvalue weighted by Crippen LogP contribution is -2.16. The van der Waals surface area contributed by atoms with Crippen LogP contribution in [0.15, 0.2) is 23.4 Å². The number of halogens is 2. The number of hydrogen-bond donors (Lipinski definition) is 1. The van der Waals surface area contributed by atoms with Gasteiger partial charge in [-0.05, 0) is 11.6 Å². The quantitative estimate of drug-likeness (QED) is 0.528. The minimum atomic E-state index is -1.16. The molecule has 0 saturated heterocycles. The number of rotatable bonds is 4. The molecule has 0 bridgehead atoms. The molecule has 0 aromatic heterocycles. The Labute approximate surface area is 106 Å². The minimum absolute atomic E-state index is 0.167. The van der Waals surface area contributed by atoms with E-state index in [0.29, 0.717) is 21.5 Å². The molecule has 0 unspecified atom stereocenters. The van der Waals surface area contributed by atoms with Crippen LogP contribution in [0.3, 0.4) is 0 Å². The molecule has 0 radical (unpaired) electrons. The lowest BCUT2D eigenvalue weighted by atomic mass is 10.0. The van der Waals surface area contributed by atoms with Crippen LogP contribution in [-0.2, 0) is 15.0 Å². The summed E-state index contributed by atoms with van der Waals surface area (Å²) in [7, 11) is 1.29. The summed E-state index contributed by atoms with van der Waals surface area (Å²) in [6, 6.07) is 4.99. The Bertz CT molecular complexity index is 434. The van der Waals surface area contributed by atoms with Gasteiger partial charge in [-0.2, -0.15) is 0 Å². The van der Waals surface area contributed by atoms with Gasteiger partial charge in [-0.25, -0.2) is 4.79 Å². The van der Waals surface area contributed by atoms with E-state index in [4.69, 9.17) is 16.7 Å². The maximum absolute atomic E-state index is 11.0. The SMILES string of the molecule is CO/N=C(/C(=O)O)c1cccc(Cl)c1CBr. The molecule has 16 heavy (non-hydrogen) atoms. The van der Waals surface area contributed by atoms with Crippen molar-refractivity contribution in [1.29, 1.82) is 0 Å². The molecule has 1 aromatic rings. The van der Waals surface area contributed by atoms with Gasteiger partial charge in [-0.1, -0.05) is 44.8 Å².